The van der Waals surface area contributed by atoms with Crippen molar-refractivity contribution >= 4 is 17.4 Å². The second-order valence-corrected chi connectivity index (χ2v) is 9.05. The first-order valence-corrected chi connectivity index (χ1v) is 12.5. The Morgan fingerprint density at radius 3 is 2.62 bits per heavy atom. The Bertz CT molecular complexity index is 703. The molecule has 180 valence electrons. The molecular formula is C26H43N3O3. The highest BCUT2D eigenvalue weighted by molar-refractivity contribution is 6.04. The SMILES string of the molecule is CCCCC(C)CCN(c1ccccc1C(=N)C1CCCCC1)C(O)NCC(=O)OCC. The van der Waals surface area contributed by atoms with Crippen molar-refractivity contribution in [1.82, 2.24) is 5.32 Å². The number of hydrogen-bond acceptors (Lipinski definition) is 6. The highest BCUT2D eigenvalue weighted by atomic mass is 16.5. The number of esters is 1. The van der Waals surface area contributed by atoms with Crippen LogP contribution in [0.5, 0.6) is 0 Å². The second kappa shape index (κ2) is 14.3. The summed E-state index contributed by atoms with van der Waals surface area (Å²) in [5.41, 5.74) is 2.41. The van der Waals surface area contributed by atoms with Gasteiger partial charge in [0, 0.05) is 29.4 Å². The molecular weight excluding hydrogens is 402 g/mol. The van der Waals surface area contributed by atoms with Crippen molar-refractivity contribution in [3.63, 3.8) is 0 Å². The number of rotatable bonds is 14. The average molecular weight is 446 g/mol. The molecule has 0 amide bonds. The fraction of sp³-hybridized carbons (Fsp3) is 0.692. The summed E-state index contributed by atoms with van der Waals surface area (Å²) in [4.78, 5) is 13.7. The smallest absolute Gasteiger partial charge is 0.320 e. The zero-order valence-electron chi connectivity index (χ0n) is 20.2. The van der Waals surface area contributed by atoms with Crippen molar-refractivity contribution in [3.8, 4) is 0 Å². The van der Waals surface area contributed by atoms with Crippen LogP contribution in [0.2, 0.25) is 0 Å². The third-order valence-electron chi connectivity index (χ3n) is 6.46. The molecule has 1 aromatic carbocycles. The predicted molar refractivity (Wildman–Crippen MR) is 131 cm³/mol. The predicted octanol–water partition coefficient (Wildman–Crippen LogP) is 5.09. The number of unbranched alkanes of at least 4 members (excludes halogenated alkanes) is 1. The normalized spacial score (nSPS) is 16.4. The summed E-state index contributed by atoms with van der Waals surface area (Å²) in [6.07, 6.45) is 9.18. The number of anilines is 1. The van der Waals surface area contributed by atoms with Crippen molar-refractivity contribution in [1.29, 1.82) is 5.41 Å². The summed E-state index contributed by atoms with van der Waals surface area (Å²) >= 11 is 0. The zero-order chi connectivity index (χ0) is 23.3. The lowest BCUT2D eigenvalue weighted by atomic mass is 9.83. The van der Waals surface area contributed by atoms with Gasteiger partial charge in [0.05, 0.1) is 13.2 Å². The lowest BCUT2D eigenvalue weighted by Crippen LogP contribution is -2.49. The monoisotopic (exact) mass is 445 g/mol. The van der Waals surface area contributed by atoms with Crippen LogP contribution in [-0.4, -0.2) is 42.8 Å². The quantitative estimate of drug-likeness (QED) is 0.211. The number of ether oxygens (including phenoxy) is 1. The average Bonchev–Trinajstić information content (AvgIpc) is 2.82. The molecule has 0 heterocycles. The van der Waals surface area contributed by atoms with Crippen LogP contribution in [0.3, 0.4) is 0 Å². The molecule has 2 rings (SSSR count). The minimum Gasteiger partial charge on any atom is -0.465 e. The molecule has 1 aliphatic carbocycles. The van der Waals surface area contributed by atoms with Crippen molar-refractivity contribution in [2.45, 2.75) is 84.9 Å². The molecule has 1 saturated carbocycles. The molecule has 0 spiro atoms. The first kappa shape index (κ1) is 26.3. The molecule has 6 heteroatoms. The Morgan fingerprint density at radius 1 is 1.22 bits per heavy atom. The van der Waals surface area contributed by atoms with Crippen LogP contribution in [0.25, 0.3) is 0 Å². The van der Waals surface area contributed by atoms with E-state index in [0.29, 0.717) is 24.8 Å². The largest absolute Gasteiger partial charge is 0.465 e. The Labute approximate surface area is 194 Å². The molecule has 1 aliphatic rings. The number of nitrogens with one attached hydrogen (secondary N) is 2. The molecule has 3 N–H and O–H groups in total. The van der Waals surface area contributed by atoms with Crippen molar-refractivity contribution in [3.05, 3.63) is 29.8 Å². The van der Waals surface area contributed by atoms with E-state index < -0.39 is 6.35 Å². The standard InChI is InChI=1S/C26H43N3O3/c1-4-6-12-20(3)17-18-29(26(31)28-19-24(30)32-5-2)23-16-11-10-15-22(23)25(27)21-13-8-7-9-14-21/h10-11,15-16,20-21,26-28,31H,4-9,12-14,17-19H2,1-3H3. The third kappa shape index (κ3) is 8.21. The lowest BCUT2D eigenvalue weighted by molar-refractivity contribution is -0.142. The van der Waals surface area contributed by atoms with Gasteiger partial charge in [0.15, 0.2) is 6.35 Å². The van der Waals surface area contributed by atoms with E-state index in [0.717, 1.165) is 36.9 Å². The topological polar surface area (TPSA) is 85.7 Å². The van der Waals surface area contributed by atoms with Crippen LogP contribution < -0.4 is 10.2 Å². The van der Waals surface area contributed by atoms with Gasteiger partial charge >= 0.3 is 5.97 Å². The maximum Gasteiger partial charge on any atom is 0.320 e. The van der Waals surface area contributed by atoms with Gasteiger partial charge in [-0.1, -0.05) is 70.6 Å². The van der Waals surface area contributed by atoms with E-state index in [-0.39, 0.29) is 18.4 Å². The highest BCUT2D eigenvalue weighted by Gasteiger charge is 2.25. The van der Waals surface area contributed by atoms with Gasteiger partial charge < -0.3 is 20.2 Å². The van der Waals surface area contributed by atoms with Gasteiger partial charge in [-0.15, -0.1) is 0 Å². The molecule has 0 radical (unpaired) electrons. The Kier molecular flexibility index (Phi) is 11.7. The Hall–Kier alpha value is -1.92. The lowest BCUT2D eigenvalue weighted by Gasteiger charge is -2.34. The van der Waals surface area contributed by atoms with Crippen molar-refractivity contribution in [2.24, 2.45) is 11.8 Å². The van der Waals surface area contributed by atoms with Crippen molar-refractivity contribution < 1.29 is 14.6 Å². The summed E-state index contributed by atoms with van der Waals surface area (Å²) < 4.78 is 5.00. The fourth-order valence-corrected chi connectivity index (χ4v) is 4.49. The fourth-order valence-electron chi connectivity index (χ4n) is 4.49. The van der Waals surface area contributed by atoms with E-state index in [4.69, 9.17) is 10.1 Å². The maximum absolute atomic E-state index is 11.8. The molecule has 1 fully saturated rings. The van der Waals surface area contributed by atoms with E-state index in [1.54, 1.807) is 6.92 Å². The van der Waals surface area contributed by atoms with Gasteiger partial charge in [-0.05, 0) is 38.2 Å². The van der Waals surface area contributed by atoms with Crippen LogP contribution in [0.1, 0.15) is 84.1 Å². The summed E-state index contributed by atoms with van der Waals surface area (Å²) in [7, 11) is 0. The number of nitrogens with zero attached hydrogens (tertiary/aromatic N) is 1. The summed E-state index contributed by atoms with van der Waals surface area (Å²) in [6.45, 7) is 7.13. The third-order valence-corrected chi connectivity index (χ3v) is 6.46. The molecule has 2 unspecified atom stereocenters. The molecule has 0 bridgehead atoms. The Morgan fingerprint density at radius 2 is 1.94 bits per heavy atom. The highest BCUT2D eigenvalue weighted by Crippen LogP contribution is 2.31. The van der Waals surface area contributed by atoms with Gasteiger partial charge in [-0.3, -0.25) is 10.1 Å². The summed E-state index contributed by atoms with van der Waals surface area (Å²) in [6, 6.07) is 7.91. The first-order chi connectivity index (χ1) is 15.5. The number of aliphatic hydroxyl groups is 1. The van der Waals surface area contributed by atoms with Crippen LogP contribution in [0, 0.1) is 17.2 Å². The van der Waals surface area contributed by atoms with Crippen LogP contribution in [0.15, 0.2) is 24.3 Å². The van der Waals surface area contributed by atoms with Crippen molar-refractivity contribution in [2.75, 3.05) is 24.6 Å². The molecule has 6 nitrogen and oxygen atoms in total. The molecule has 0 aromatic heterocycles. The van der Waals surface area contributed by atoms with E-state index in [9.17, 15) is 9.90 Å². The number of para-hydroxylation sites is 1. The van der Waals surface area contributed by atoms with Crippen LogP contribution in [-0.2, 0) is 9.53 Å². The van der Waals surface area contributed by atoms with Gasteiger partial charge in [0.25, 0.3) is 0 Å². The molecule has 32 heavy (non-hydrogen) atoms. The second-order valence-electron chi connectivity index (χ2n) is 9.05. The number of benzene rings is 1. The first-order valence-electron chi connectivity index (χ1n) is 12.5. The van der Waals surface area contributed by atoms with E-state index >= 15 is 0 Å². The molecule has 0 aliphatic heterocycles. The van der Waals surface area contributed by atoms with E-state index in [1.807, 2.05) is 29.2 Å². The molecule has 0 saturated heterocycles. The molecule has 1 aromatic rings. The minimum absolute atomic E-state index is 0.0564. The van der Waals surface area contributed by atoms with Gasteiger partial charge in [-0.25, -0.2) is 0 Å². The number of carbonyl (C=O) groups excluding carboxylic acids is 1. The van der Waals surface area contributed by atoms with E-state index in [1.165, 1.54) is 32.1 Å². The van der Waals surface area contributed by atoms with Crippen LogP contribution in [0.4, 0.5) is 5.69 Å². The zero-order valence-corrected chi connectivity index (χ0v) is 20.2. The molecule has 2 atom stereocenters. The number of hydrogen-bond donors (Lipinski definition) is 3. The van der Waals surface area contributed by atoms with Crippen LogP contribution >= 0.6 is 0 Å². The Balaban J connectivity index is 2.21. The number of carbonyl (C=O) groups is 1. The van der Waals surface area contributed by atoms with Gasteiger partial charge in [0.2, 0.25) is 0 Å². The van der Waals surface area contributed by atoms with E-state index in [2.05, 4.69) is 19.2 Å². The van der Waals surface area contributed by atoms with Gasteiger partial charge in [-0.2, -0.15) is 0 Å². The summed E-state index contributed by atoms with van der Waals surface area (Å²) in [5, 5.41) is 22.9. The van der Waals surface area contributed by atoms with Gasteiger partial charge in [0.1, 0.15) is 0 Å². The minimum atomic E-state index is -1.03. The summed E-state index contributed by atoms with van der Waals surface area (Å²) in [5.74, 6) is 0.436. The maximum atomic E-state index is 11.8. The number of aliphatic hydroxyl groups excluding tert-OH is 1.